The number of aryl methyl sites for hydroxylation is 1. The third-order valence-corrected chi connectivity index (χ3v) is 6.05. The number of rotatable bonds is 5. The summed E-state index contributed by atoms with van der Waals surface area (Å²) in [6.07, 6.45) is 3.18. The molecule has 0 saturated carbocycles. The first kappa shape index (κ1) is 20.2. The first-order valence-electron chi connectivity index (χ1n) is 8.82. The maximum atomic E-state index is 12.2. The summed E-state index contributed by atoms with van der Waals surface area (Å²) in [5.41, 5.74) is 2.38. The molecule has 4 rings (SSSR count). The summed E-state index contributed by atoms with van der Waals surface area (Å²) in [6.45, 7) is 1.58. The molecule has 0 unspecified atom stereocenters. The van der Waals surface area contributed by atoms with E-state index < -0.39 is 10.0 Å². The molecule has 7 nitrogen and oxygen atoms in total. The van der Waals surface area contributed by atoms with E-state index in [-0.39, 0.29) is 11.5 Å². The Hall–Kier alpha value is -2.49. The van der Waals surface area contributed by atoms with Crippen molar-refractivity contribution in [1.82, 2.24) is 14.7 Å². The van der Waals surface area contributed by atoms with Crippen molar-refractivity contribution in [1.29, 1.82) is 0 Å². The summed E-state index contributed by atoms with van der Waals surface area (Å²) in [5.74, 6) is 0.645. The van der Waals surface area contributed by atoms with Gasteiger partial charge in [-0.2, -0.15) is 4.37 Å². The molecule has 0 aliphatic carbocycles. The minimum Gasteiger partial charge on any atom is -0.493 e. The predicted octanol–water partition coefficient (Wildman–Crippen LogP) is 3.32. The van der Waals surface area contributed by atoms with Crippen LogP contribution in [0.3, 0.4) is 0 Å². The minimum absolute atomic E-state index is 0. The number of nitrogens with zero attached hydrogens (tertiary/aromatic N) is 2. The second kappa shape index (κ2) is 9.63. The first-order chi connectivity index (χ1) is 13.6. The van der Waals surface area contributed by atoms with Crippen LogP contribution in [0.4, 0.5) is 5.13 Å². The number of fused-ring (bicyclic) bond motifs is 1. The van der Waals surface area contributed by atoms with Crippen molar-refractivity contribution in [2.45, 2.75) is 24.3 Å². The topological polar surface area (TPSA) is 93.2 Å². The molecule has 0 bridgehead atoms. The van der Waals surface area contributed by atoms with Gasteiger partial charge in [0, 0.05) is 25.6 Å². The molecule has 0 radical (unpaired) electrons. The van der Waals surface area contributed by atoms with Gasteiger partial charge in [-0.1, -0.05) is 36.4 Å². The lowest BCUT2D eigenvalue weighted by atomic mass is 10.1. The molecule has 1 aliphatic rings. The Kier molecular flexibility index (Phi) is 6.96. The molecule has 0 fully saturated rings. The lowest BCUT2D eigenvalue weighted by Crippen LogP contribution is -2.14. The van der Waals surface area contributed by atoms with Crippen LogP contribution in [0.5, 0.6) is 5.75 Å². The third kappa shape index (κ3) is 5.51. The molecule has 0 saturated heterocycles. The maximum absolute atomic E-state index is 12.2. The fourth-order valence-corrected chi connectivity index (χ4v) is 4.36. The average molecular weight is 421 g/mol. The molecule has 150 valence electrons. The Morgan fingerprint density at radius 3 is 2.75 bits per heavy atom. The van der Waals surface area contributed by atoms with E-state index in [0.717, 1.165) is 36.5 Å². The van der Waals surface area contributed by atoms with E-state index in [9.17, 15) is 8.42 Å². The van der Waals surface area contributed by atoms with Gasteiger partial charge in [0.2, 0.25) is 5.13 Å². The Morgan fingerprint density at radius 2 is 2.04 bits per heavy atom. The van der Waals surface area contributed by atoms with Crippen LogP contribution >= 0.6 is 11.5 Å². The second-order valence-electron chi connectivity index (χ2n) is 6.09. The Morgan fingerprint density at radius 1 is 1.21 bits per heavy atom. The summed E-state index contributed by atoms with van der Waals surface area (Å²) in [7, 11) is -1.69. The van der Waals surface area contributed by atoms with Crippen LogP contribution in [0, 0.1) is 0 Å². The Balaban J connectivity index is 0.000000255. The van der Waals surface area contributed by atoms with E-state index in [2.05, 4.69) is 31.5 Å². The largest absolute Gasteiger partial charge is 0.493 e. The normalized spacial score (nSPS) is 12.9. The third-order valence-electron chi connectivity index (χ3n) is 4.00. The Labute approximate surface area is 170 Å². The number of hydrogen-bond acceptors (Lipinski definition) is 7. The molecule has 2 N–H and O–H groups in total. The number of sulfonamides is 1. The van der Waals surface area contributed by atoms with Gasteiger partial charge in [-0.15, -0.1) is 0 Å². The number of anilines is 1. The number of aromatic nitrogens is 2. The van der Waals surface area contributed by atoms with Gasteiger partial charge in [0.15, 0.2) is 0 Å². The zero-order valence-corrected chi connectivity index (χ0v) is 17.1. The second-order valence-corrected chi connectivity index (χ2v) is 8.55. The molecule has 1 aromatic heterocycles. The highest BCUT2D eigenvalue weighted by Gasteiger charge is 2.19. The van der Waals surface area contributed by atoms with Gasteiger partial charge >= 0.3 is 0 Å². The molecular formula is C19H24N4O3S2. The summed E-state index contributed by atoms with van der Waals surface area (Å²) in [5, 5.41) is 3.33. The lowest BCUT2D eigenvalue weighted by molar-refractivity contribution is 0.287. The van der Waals surface area contributed by atoms with E-state index >= 15 is 0 Å². The van der Waals surface area contributed by atoms with E-state index in [1.54, 1.807) is 18.2 Å². The first-order valence-corrected chi connectivity index (χ1v) is 11.1. The van der Waals surface area contributed by atoms with Gasteiger partial charge < -0.3 is 10.1 Å². The van der Waals surface area contributed by atoms with Gasteiger partial charge in [0.05, 0.1) is 11.5 Å². The van der Waals surface area contributed by atoms with Crippen LogP contribution in [0.2, 0.25) is 0 Å². The van der Waals surface area contributed by atoms with Crippen LogP contribution in [0.25, 0.3) is 0 Å². The zero-order valence-electron chi connectivity index (χ0n) is 15.5. The number of hydrogen-bond donors (Lipinski definition) is 2. The van der Waals surface area contributed by atoms with Crippen LogP contribution in [0.15, 0.2) is 59.8 Å². The molecule has 3 aromatic rings. The highest BCUT2D eigenvalue weighted by Crippen LogP contribution is 2.28. The van der Waals surface area contributed by atoms with Gasteiger partial charge in [-0.25, -0.2) is 13.4 Å². The van der Waals surface area contributed by atoms with Crippen molar-refractivity contribution >= 4 is 26.7 Å². The van der Waals surface area contributed by atoms with Crippen molar-refractivity contribution in [2.75, 3.05) is 18.4 Å². The standard InChI is InChI=1S/C11H11N3O3S2.C8H11N.H2/c15-19(16,14-11-12-7-13-18-11)9-4-3-8-2-1-5-17-10(8)6-9;1-9-7-8-5-3-2-4-6-8;/h3-4,6-7H,1-2,5H2,(H,12,13,14);2-6,9H,7H2,1H3;1H. The molecule has 2 aromatic carbocycles. The van der Waals surface area contributed by atoms with Crippen molar-refractivity contribution in [2.24, 2.45) is 0 Å². The molecule has 0 atom stereocenters. The Bertz CT molecular complexity index is 984. The number of ether oxygens (including phenoxy) is 1. The quantitative estimate of drug-likeness (QED) is 0.658. The van der Waals surface area contributed by atoms with Crippen molar-refractivity contribution in [3.8, 4) is 5.75 Å². The van der Waals surface area contributed by atoms with Crippen LogP contribution < -0.4 is 14.8 Å². The van der Waals surface area contributed by atoms with Crippen LogP contribution in [-0.4, -0.2) is 31.4 Å². The predicted molar refractivity (Wildman–Crippen MR) is 112 cm³/mol. The monoisotopic (exact) mass is 420 g/mol. The van der Waals surface area contributed by atoms with E-state index in [4.69, 9.17) is 4.74 Å². The molecule has 28 heavy (non-hydrogen) atoms. The molecule has 0 spiro atoms. The molecule has 0 amide bonds. The minimum atomic E-state index is -3.64. The fraction of sp³-hybridized carbons (Fsp3) is 0.263. The lowest BCUT2D eigenvalue weighted by Gasteiger charge is -2.17. The fourth-order valence-electron chi connectivity index (χ4n) is 2.68. The number of nitrogens with one attached hydrogen (secondary N) is 2. The molecular weight excluding hydrogens is 396 g/mol. The highest BCUT2D eigenvalue weighted by atomic mass is 32.2. The van der Waals surface area contributed by atoms with Crippen LogP contribution in [0.1, 0.15) is 19.0 Å². The van der Waals surface area contributed by atoms with Crippen molar-refractivity contribution in [3.63, 3.8) is 0 Å². The van der Waals surface area contributed by atoms with Gasteiger partial charge in [0.1, 0.15) is 12.1 Å². The van der Waals surface area contributed by atoms with E-state index in [0.29, 0.717) is 12.4 Å². The van der Waals surface area contributed by atoms with Gasteiger partial charge in [-0.05, 0) is 37.1 Å². The average Bonchev–Trinajstić information content (AvgIpc) is 3.21. The van der Waals surface area contributed by atoms with Crippen molar-refractivity contribution < 1.29 is 14.6 Å². The maximum Gasteiger partial charge on any atom is 0.263 e. The van der Waals surface area contributed by atoms with Gasteiger partial charge in [-0.3, -0.25) is 4.72 Å². The van der Waals surface area contributed by atoms with Crippen molar-refractivity contribution in [3.05, 3.63) is 66.0 Å². The zero-order chi connectivity index (χ0) is 19.8. The summed E-state index contributed by atoms with van der Waals surface area (Å²) < 4.78 is 35.9. The smallest absolute Gasteiger partial charge is 0.263 e. The number of benzene rings is 2. The summed E-state index contributed by atoms with van der Waals surface area (Å²) in [6, 6.07) is 15.3. The molecule has 9 heteroatoms. The van der Waals surface area contributed by atoms with Crippen LogP contribution in [-0.2, 0) is 23.0 Å². The molecule has 1 aliphatic heterocycles. The highest BCUT2D eigenvalue weighted by molar-refractivity contribution is 7.93. The SMILES string of the molecule is CNCc1ccccc1.O=S(=O)(Nc1ncns1)c1ccc2c(c1)OCCC2.[HH]. The van der Waals surface area contributed by atoms with E-state index in [1.807, 2.05) is 25.2 Å². The van der Waals surface area contributed by atoms with E-state index in [1.165, 1.54) is 11.9 Å². The van der Waals surface area contributed by atoms with Gasteiger partial charge in [0.25, 0.3) is 10.0 Å². The molecule has 2 heterocycles. The summed E-state index contributed by atoms with van der Waals surface area (Å²) in [4.78, 5) is 3.97. The summed E-state index contributed by atoms with van der Waals surface area (Å²) >= 11 is 0.991.